The van der Waals surface area contributed by atoms with E-state index in [1.165, 1.54) is 10.4 Å². The first-order valence-corrected chi connectivity index (χ1v) is 8.09. The molecule has 1 saturated heterocycles. The maximum absolute atomic E-state index is 11.9. The normalized spacial score (nSPS) is 17.6. The molecule has 1 fully saturated rings. The van der Waals surface area contributed by atoms with E-state index >= 15 is 0 Å². The number of nitrogens with zero attached hydrogens (tertiary/aromatic N) is 1. The smallest absolute Gasteiger partial charge is 0.330 e. The third-order valence-corrected chi connectivity index (χ3v) is 4.83. The van der Waals surface area contributed by atoms with Crippen LogP contribution in [0.25, 0.3) is 6.08 Å². The Morgan fingerprint density at radius 3 is 2.90 bits per heavy atom. The molecule has 0 N–H and O–H groups in total. The molecule has 20 heavy (non-hydrogen) atoms. The fourth-order valence-corrected chi connectivity index (χ4v) is 3.62. The third-order valence-electron chi connectivity index (χ3n) is 2.96. The summed E-state index contributed by atoms with van der Waals surface area (Å²) in [5.41, 5.74) is 1.39. The summed E-state index contributed by atoms with van der Waals surface area (Å²) in [5.74, 6) is -0.220. The molecule has 0 unspecified atom stereocenters. The number of sulfonamides is 1. The van der Waals surface area contributed by atoms with Gasteiger partial charge in [0.1, 0.15) is 0 Å². The second-order valence-electron chi connectivity index (χ2n) is 4.42. The topological polar surface area (TPSA) is 63.7 Å². The van der Waals surface area contributed by atoms with Crippen molar-refractivity contribution in [3.63, 3.8) is 0 Å². The lowest BCUT2D eigenvalue weighted by Crippen LogP contribution is -2.24. The second-order valence-corrected chi connectivity index (χ2v) is 6.43. The lowest BCUT2D eigenvalue weighted by atomic mass is 10.2. The zero-order valence-corrected chi connectivity index (χ0v) is 12.1. The highest BCUT2D eigenvalue weighted by Gasteiger charge is 2.28. The van der Waals surface area contributed by atoms with Crippen molar-refractivity contribution in [3.8, 4) is 0 Å². The van der Waals surface area contributed by atoms with Gasteiger partial charge in [-0.25, -0.2) is 13.2 Å². The van der Waals surface area contributed by atoms with Gasteiger partial charge in [0.2, 0.25) is 10.0 Å². The number of anilines is 1. The predicted octanol–water partition coefficient (Wildman–Crippen LogP) is 1.80. The van der Waals surface area contributed by atoms with Crippen molar-refractivity contribution in [3.05, 3.63) is 35.9 Å². The third kappa shape index (κ3) is 3.39. The number of carbonyl (C=O) groups is 1. The Labute approximate surface area is 118 Å². The Bertz CT molecular complexity index is 622. The van der Waals surface area contributed by atoms with Crippen LogP contribution in [0.4, 0.5) is 5.69 Å². The summed E-state index contributed by atoms with van der Waals surface area (Å²) in [5, 5.41) is 0. The average molecular weight is 295 g/mol. The van der Waals surface area contributed by atoms with Crippen LogP contribution in [-0.2, 0) is 19.6 Å². The summed E-state index contributed by atoms with van der Waals surface area (Å²) in [4.78, 5) is 11.2. The van der Waals surface area contributed by atoms with Crippen LogP contribution < -0.4 is 4.31 Å². The molecule has 108 valence electrons. The molecule has 0 aromatic heterocycles. The van der Waals surface area contributed by atoms with Crippen LogP contribution in [0.1, 0.15) is 18.9 Å². The van der Waals surface area contributed by atoms with Crippen molar-refractivity contribution in [2.45, 2.75) is 13.3 Å². The molecule has 0 spiro atoms. The summed E-state index contributed by atoms with van der Waals surface area (Å²) in [6, 6.07) is 7.08. The van der Waals surface area contributed by atoms with E-state index in [1.807, 2.05) is 6.07 Å². The fraction of sp³-hybridized carbons (Fsp3) is 0.357. The van der Waals surface area contributed by atoms with Crippen LogP contribution in [0, 0.1) is 0 Å². The highest BCUT2D eigenvalue weighted by atomic mass is 32.2. The molecule has 0 radical (unpaired) electrons. The van der Waals surface area contributed by atoms with E-state index in [2.05, 4.69) is 0 Å². The lowest BCUT2D eigenvalue weighted by Gasteiger charge is -2.17. The van der Waals surface area contributed by atoms with Gasteiger partial charge in [0.05, 0.1) is 18.0 Å². The van der Waals surface area contributed by atoms with E-state index in [9.17, 15) is 13.2 Å². The maximum Gasteiger partial charge on any atom is 0.330 e. The van der Waals surface area contributed by atoms with E-state index in [-0.39, 0.29) is 5.75 Å². The molecule has 0 atom stereocenters. The maximum atomic E-state index is 11.9. The van der Waals surface area contributed by atoms with Crippen LogP contribution in [0.15, 0.2) is 30.3 Å². The molecule has 0 amide bonds. The first-order chi connectivity index (χ1) is 9.53. The van der Waals surface area contributed by atoms with E-state index < -0.39 is 16.0 Å². The fourth-order valence-electron chi connectivity index (χ4n) is 2.07. The SMILES string of the molecule is CCOC(=O)C=Cc1cccc(N2CCCS2(=O)=O)c1. The quantitative estimate of drug-likeness (QED) is 0.627. The molecule has 6 heteroatoms. The van der Waals surface area contributed by atoms with E-state index in [4.69, 9.17) is 4.74 Å². The zero-order chi connectivity index (χ0) is 14.6. The van der Waals surface area contributed by atoms with Crippen molar-refractivity contribution >= 4 is 27.8 Å². The molecule has 0 aliphatic carbocycles. The van der Waals surface area contributed by atoms with Gasteiger partial charge in [0.15, 0.2) is 0 Å². The minimum atomic E-state index is -3.18. The van der Waals surface area contributed by atoms with E-state index in [0.717, 1.165) is 5.56 Å². The summed E-state index contributed by atoms with van der Waals surface area (Å²) in [6.45, 7) is 2.58. The Hall–Kier alpha value is -1.82. The van der Waals surface area contributed by atoms with Gasteiger partial charge >= 0.3 is 5.97 Å². The number of ether oxygens (including phenoxy) is 1. The molecule has 1 heterocycles. The highest BCUT2D eigenvalue weighted by Crippen LogP contribution is 2.25. The van der Waals surface area contributed by atoms with Gasteiger partial charge in [0, 0.05) is 12.6 Å². The van der Waals surface area contributed by atoms with Gasteiger partial charge in [0.25, 0.3) is 0 Å². The first-order valence-electron chi connectivity index (χ1n) is 6.48. The Morgan fingerprint density at radius 1 is 1.45 bits per heavy atom. The van der Waals surface area contributed by atoms with Crippen molar-refractivity contribution in [1.29, 1.82) is 0 Å². The minimum absolute atomic E-state index is 0.190. The van der Waals surface area contributed by atoms with Crippen LogP contribution in [0.3, 0.4) is 0 Å². The summed E-state index contributed by atoms with van der Waals surface area (Å²) in [7, 11) is -3.18. The minimum Gasteiger partial charge on any atom is -0.463 e. The Morgan fingerprint density at radius 2 is 2.25 bits per heavy atom. The van der Waals surface area contributed by atoms with Gasteiger partial charge in [-0.1, -0.05) is 12.1 Å². The first kappa shape index (κ1) is 14.6. The predicted molar refractivity (Wildman–Crippen MR) is 77.9 cm³/mol. The number of benzene rings is 1. The largest absolute Gasteiger partial charge is 0.463 e. The molecule has 2 rings (SSSR count). The number of hydrogen-bond acceptors (Lipinski definition) is 4. The number of rotatable bonds is 4. The van der Waals surface area contributed by atoms with Crippen LogP contribution in [-0.4, -0.2) is 33.3 Å². The van der Waals surface area contributed by atoms with Gasteiger partial charge in [-0.15, -0.1) is 0 Å². The van der Waals surface area contributed by atoms with Crippen molar-refractivity contribution in [2.24, 2.45) is 0 Å². The number of carbonyl (C=O) groups excluding carboxylic acids is 1. The van der Waals surface area contributed by atoms with Crippen LogP contribution in [0.5, 0.6) is 0 Å². The monoisotopic (exact) mass is 295 g/mol. The van der Waals surface area contributed by atoms with Gasteiger partial charge in [-0.3, -0.25) is 4.31 Å². The average Bonchev–Trinajstić information content (AvgIpc) is 2.77. The Balaban J connectivity index is 2.18. The van der Waals surface area contributed by atoms with Gasteiger partial charge in [-0.05, 0) is 37.1 Å². The number of hydrogen-bond donors (Lipinski definition) is 0. The summed E-state index contributed by atoms with van der Waals surface area (Å²) in [6.07, 6.45) is 3.59. The molecule has 1 aliphatic rings. The van der Waals surface area contributed by atoms with E-state index in [1.54, 1.807) is 31.2 Å². The van der Waals surface area contributed by atoms with Crippen molar-refractivity contribution in [1.82, 2.24) is 0 Å². The number of esters is 1. The molecular weight excluding hydrogens is 278 g/mol. The molecule has 1 aromatic carbocycles. The standard InChI is InChI=1S/C14H17NO4S/c1-2-19-14(16)8-7-12-5-3-6-13(11-12)15-9-4-10-20(15,17)18/h3,5-8,11H,2,4,9-10H2,1H3. The van der Waals surface area contributed by atoms with Gasteiger partial charge in [-0.2, -0.15) is 0 Å². The molecule has 1 aliphatic heterocycles. The zero-order valence-electron chi connectivity index (χ0n) is 11.3. The lowest BCUT2D eigenvalue weighted by molar-refractivity contribution is -0.137. The van der Waals surface area contributed by atoms with Crippen molar-refractivity contribution in [2.75, 3.05) is 23.2 Å². The molecule has 1 aromatic rings. The highest BCUT2D eigenvalue weighted by molar-refractivity contribution is 7.93. The molecule has 5 nitrogen and oxygen atoms in total. The van der Waals surface area contributed by atoms with Crippen LogP contribution in [0.2, 0.25) is 0 Å². The summed E-state index contributed by atoms with van der Waals surface area (Å²) < 4.78 is 29.9. The Kier molecular flexibility index (Phi) is 4.44. The van der Waals surface area contributed by atoms with Crippen LogP contribution >= 0.6 is 0 Å². The van der Waals surface area contributed by atoms with Crippen molar-refractivity contribution < 1.29 is 17.9 Å². The summed E-state index contributed by atoms with van der Waals surface area (Å²) >= 11 is 0. The molecule has 0 bridgehead atoms. The van der Waals surface area contributed by atoms with E-state index in [0.29, 0.717) is 25.3 Å². The molecule has 0 saturated carbocycles. The van der Waals surface area contributed by atoms with Gasteiger partial charge < -0.3 is 4.74 Å². The molecular formula is C14H17NO4S. The second kappa shape index (κ2) is 6.09.